The van der Waals surface area contributed by atoms with E-state index in [2.05, 4.69) is 56.0 Å². The van der Waals surface area contributed by atoms with Crippen LogP contribution in [0.2, 0.25) is 13.6 Å². The third kappa shape index (κ3) is 141. The molecular formula is C42H91B2FN22O17S2. The Labute approximate surface area is 505 Å². The molecule has 0 radical (unpaired) electrons. The summed E-state index contributed by atoms with van der Waals surface area (Å²) in [5.41, 5.74) is 57.0. The number of aliphatic imine (C=N–C) groups is 3. The molecule has 0 unspecified atom stereocenters. The first-order valence-electron chi connectivity index (χ1n) is 24.0. The van der Waals surface area contributed by atoms with Crippen LogP contribution in [0.15, 0.2) is 80.5 Å². The SMILES string of the molecule is CC(C)N.CC(C)N=C(N)N.COC(=N)N.CSC(=NB(C)O)NB(C)O.N#CN.NC(N)=NCCN1CCOCC1.NC(N)=Nc1ccccc1.NCCN1CCOCC1.Nc1ccccc1.O=S(=O)(O)O.O=[N+]([O-])O.O=[N+]([O-])O.OOC#CF. The number of guanidine groups is 3. The molecule has 0 saturated carbocycles. The first-order valence-corrected chi connectivity index (χ1v) is 26.7. The van der Waals surface area contributed by atoms with Gasteiger partial charge in [0.05, 0.1) is 45.8 Å². The minimum Gasteiger partial charge on any atom is -0.469 e. The first-order chi connectivity index (χ1) is 39.9. The molecule has 86 heavy (non-hydrogen) atoms. The number of benzene rings is 2. The Morgan fingerprint density at radius 1 is 0.860 bits per heavy atom. The van der Waals surface area contributed by atoms with Crippen LogP contribution in [0.25, 0.3) is 0 Å². The number of hydrogen-bond donors (Lipinski definition) is 20. The topological polar surface area (TPSA) is 701 Å². The Morgan fingerprint density at radius 2 is 1.22 bits per heavy atom. The van der Waals surface area contributed by atoms with E-state index in [4.69, 9.17) is 135 Å². The van der Waals surface area contributed by atoms with E-state index in [1.165, 1.54) is 31.2 Å². The van der Waals surface area contributed by atoms with Crippen molar-refractivity contribution in [3.05, 3.63) is 80.9 Å². The van der Waals surface area contributed by atoms with Gasteiger partial charge in [-0.05, 0) is 64.1 Å². The van der Waals surface area contributed by atoms with E-state index in [1.807, 2.05) is 94.6 Å². The highest BCUT2D eigenvalue weighted by molar-refractivity contribution is 8.13. The Hall–Kier alpha value is -8.24. The number of nitriles is 1. The predicted molar refractivity (Wildman–Crippen MR) is 332 cm³/mol. The average Bonchev–Trinajstić information content (AvgIpc) is 3.42. The monoisotopic (exact) mass is 1280 g/mol. The van der Waals surface area contributed by atoms with Crippen LogP contribution in [-0.2, 0) is 29.5 Å². The highest BCUT2D eigenvalue weighted by Crippen LogP contribution is 2.08. The van der Waals surface area contributed by atoms with E-state index in [0.717, 1.165) is 89.8 Å². The predicted octanol–water partition coefficient (Wildman–Crippen LogP) is -2.76. The van der Waals surface area contributed by atoms with E-state index in [-0.39, 0.29) is 29.9 Å². The summed E-state index contributed by atoms with van der Waals surface area (Å²) in [6.45, 7) is 21.7. The van der Waals surface area contributed by atoms with E-state index in [9.17, 15) is 4.39 Å². The summed E-state index contributed by atoms with van der Waals surface area (Å²) in [5, 5.41) is 68.8. The number of halogens is 1. The minimum atomic E-state index is -4.67. The fourth-order valence-corrected chi connectivity index (χ4v) is 4.62. The molecule has 2 heterocycles. The lowest BCUT2D eigenvalue weighted by Crippen LogP contribution is -2.39. The lowest BCUT2D eigenvalue weighted by molar-refractivity contribution is -0.742. The molecule has 2 aliphatic rings. The molecule has 44 heteroatoms. The van der Waals surface area contributed by atoms with Gasteiger partial charge in [0.15, 0.2) is 36.4 Å². The van der Waals surface area contributed by atoms with Crippen molar-refractivity contribution >= 4 is 76.7 Å². The normalized spacial score (nSPS) is 11.2. The van der Waals surface area contributed by atoms with Crippen LogP contribution in [0.4, 0.5) is 15.8 Å². The van der Waals surface area contributed by atoms with Gasteiger partial charge in [0, 0.05) is 57.5 Å². The second-order valence-corrected chi connectivity index (χ2v) is 16.9. The largest absolute Gasteiger partial charge is 0.469 e. The van der Waals surface area contributed by atoms with Gasteiger partial charge in [-0.1, -0.05) is 62.0 Å². The summed E-state index contributed by atoms with van der Waals surface area (Å²) >= 11 is 1.35. The molecule has 0 atom stereocenters. The molecule has 2 aliphatic heterocycles. The summed E-state index contributed by atoms with van der Waals surface area (Å²) in [6.07, 6.45) is 5.11. The van der Waals surface area contributed by atoms with E-state index < -0.39 is 34.7 Å². The van der Waals surface area contributed by atoms with Gasteiger partial charge in [-0.2, -0.15) is 18.9 Å². The standard InChI is InChI=1S/C7H16N4O.C7H9N3.C6H14N2O.C6H7N.C4H12B2N2O2S.C4H11N3.C3H9N.C2HFO2.C2H6N2O.CH2N2.2HNO3.H2O4S/c8-7(9)10-1-2-11-3-5-12-6-4-11;8-7(9)10-6-4-2-1-3-5-6;7-1-2-8-3-5-9-6-4-8;7-6-4-2-1-3-5-6;1-5(9)7-4(11-3)8-6(2)10;1-3(2)7-4(5)6;1-3(2)4;3-1-2-5-4;1-5-2(3)4;2-1-3;2*2-1(3)4;1-5(2,3)4/h1-6H2,(H4,8,9,10);1-5H,(H4,8,9,10);1-7H2;1-5H,7H2;9-10H,1-3H3,(H,7,8);3H,1-2H3,(H4,5,6,7);3H,4H2,1-2H3;4H;1H3,(H3,3,4);2H2;2*(H,2,3,4);(H2,1,2,3,4). The first kappa shape index (κ1) is 96.9. The molecule has 2 fully saturated rings. The summed E-state index contributed by atoms with van der Waals surface area (Å²) in [5.74, 6) is 0.421. The number of nitrogens with two attached hydrogens (primary N) is 11. The summed E-state index contributed by atoms with van der Waals surface area (Å²) in [7, 11) is -4.69. The molecule has 0 spiro atoms. The van der Waals surface area contributed by atoms with Crippen LogP contribution < -0.4 is 68.3 Å². The second-order valence-electron chi connectivity index (χ2n) is 15.2. The maximum atomic E-state index is 10.3. The quantitative estimate of drug-likeness (QED) is 0.0103. The number of ether oxygens (including phenoxy) is 3. The van der Waals surface area contributed by atoms with Crippen molar-refractivity contribution in [2.24, 2.45) is 77.2 Å². The molecule has 496 valence electrons. The van der Waals surface area contributed by atoms with Crippen LogP contribution >= 0.6 is 11.8 Å². The van der Waals surface area contributed by atoms with E-state index >= 15 is 0 Å². The van der Waals surface area contributed by atoms with Crippen molar-refractivity contribution in [1.82, 2.24) is 15.0 Å². The third-order valence-corrected chi connectivity index (χ3v) is 7.33. The summed E-state index contributed by atoms with van der Waals surface area (Å²) in [4.78, 5) is 39.6. The van der Waals surface area contributed by atoms with Crippen LogP contribution in [0, 0.1) is 49.4 Å². The number of nitrogen functional groups attached to an aromatic ring is 1. The van der Waals surface area contributed by atoms with Crippen molar-refractivity contribution in [2.45, 2.75) is 53.4 Å². The Bertz CT molecular complexity index is 2180. The van der Waals surface area contributed by atoms with Crippen LogP contribution in [0.5, 0.6) is 0 Å². The molecule has 2 saturated heterocycles. The van der Waals surface area contributed by atoms with Crippen LogP contribution in [-0.4, -0.2) is 211 Å². The average molecular weight is 1280 g/mol. The van der Waals surface area contributed by atoms with Crippen LogP contribution in [0.3, 0.4) is 0 Å². The number of thioether (sulfide) groups is 1. The third-order valence-electron chi connectivity index (χ3n) is 6.72. The van der Waals surface area contributed by atoms with Crippen molar-refractivity contribution in [2.75, 3.05) is 97.9 Å². The highest BCUT2D eigenvalue weighted by Gasteiger charge is 2.10. The number of hydrogen-bond acceptors (Lipinski definition) is 26. The summed E-state index contributed by atoms with van der Waals surface area (Å²) < 4.78 is 56.4. The van der Waals surface area contributed by atoms with E-state index in [0.29, 0.717) is 17.8 Å². The van der Waals surface area contributed by atoms with Gasteiger partial charge in [-0.15, -0.1) is 24.6 Å². The van der Waals surface area contributed by atoms with Gasteiger partial charge in [0.25, 0.3) is 16.2 Å². The molecule has 39 nitrogen and oxygen atoms in total. The maximum absolute atomic E-state index is 10.3. The van der Waals surface area contributed by atoms with Gasteiger partial charge in [0.1, 0.15) is 5.17 Å². The zero-order chi connectivity index (χ0) is 68.9. The Kier molecular flexibility index (Phi) is 82.1. The van der Waals surface area contributed by atoms with E-state index in [1.54, 1.807) is 13.6 Å². The fraction of sp³-hybridized carbons (Fsp3) is 0.524. The highest BCUT2D eigenvalue weighted by atomic mass is 32.3. The molecule has 4 rings (SSSR count). The smallest absolute Gasteiger partial charge is 0.430 e. The van der Waals surface area contributed by atoms with Crippen molar-refractivity contribution in [3.63, 3.8) is 0 Å². The Balaban J connectivity index is -0.000000109. The molecule has 0 amide bonds. The molecule has 0 aliphatic carbocycles. The molecule has 2 aromatic carbocycles. The summed E-state index contributed by atoms with van der Waals surface area (Å²) in [6, 6.07) is 19.1. The van der Waals surface area contributed by atoms with Crippen molar-refractivity contribution in [3.8, 4) is 18.5 Å². The zero-order valence-electron chi connectivity index (χ0n) is 49.4. The number of anilines is 1. The Morgan fingerprint density at radius 3 is 1.43 bits per heavy atom. The minimum absolute atomic E-state index is 0.0891. The van der Waals surface area contributed by atoms with Gasteiger partial charge in [-0.3, -0.25) is 44.1 Å². The number of rotatable bonds is 9. The number of morpholine rings is 2. The second kappa shape index (κ2) is 72.9. The number of nitrogens with one attached hydrogen (secondary N) is 2. The van der Waals surface area contributed by atoms with Crippen molar-refractivity contribution < 1.29 is 76.9 Å². The fourth-order valence-electron chi connectivity index (χ4n) is 4.07. The molecule has 0 aromatic heterocycles. The maximum Gasteiger partial charge on any atom is 0.430 e. The lowest BCUT2D eigenvalue weighted by Gasteiger charge is -2.25. The number of methoxy groups -OCH3 is 1. The van der Waals surface area contributed by atoms with Gasteiger partial charge >= 0.3 is 24.5 Å². The van der Waals surface area contributed by atoms with Crippen molar-refractivity contribution in [1.29, 1.82) is 10.7 Å². The number of amidine groups is 2. The number of para-hydroxylation sites is 2. The molecule has 2 aromatic rings. The molecule has 31 N–H and O–H groups in total. The van der Waals surface area contributed by atoms with Gasteiger partial charge in [0.2, 0.25) is 0 Å². The molecule has 0 bridgehead atoms. The van der Waals surface area contributed by atoms with Crippen LogP contribution in [0.1, 0.15) is 27.7 Å². The zero-order valence-corrected chi connectivity index (χ0v) is 51.0. The molecular weight excluding hydrogens is 1190 g/mol. The number of nitrogens with zero attached hydrogens (tertiary/aromatic N) is 9. The lowest BCUT2D eigenvalue weighted by atomic mass is 9.88. The van der Waals surface area contributed by atoms with Gasteiger partial charge in [-0.25, -0.2) is 4.99 Å². The van der Waals surface area contributed by atoms with Gasteiger partial charge < -0.3 is 103 Å².